The molecule has 1 nitrogen and oxygen atoms in total. The van der Waals surface area contributed by atoms with Crippen LogP contribution in [0.3, 0.4) is 0 Å². The van der Waals surface area contributed by atoms with Gasteiger partial charge < -0.3 is 0 Å². The Morgan fingerprint density at radius 1 is 0.950 bits per heavy atom. The van der Waals surface area contributed by atoms with Crippen molar-refractivity contribution in [2.75, 3.05) is 0 Å². The summed E-state index contributed by atoms with van der Waals surface area (Å²) >= 11 is 0. The number of allylic oxidation sites excluding steroid dienone is 1. The molecule has 0 radical (unpaired) electrons. The zero-order chi connectivity index (χ0) is 13.8. The van der Waals surface area contributed by atoms with Gasteiger partial charge in [0.2, 0.25) is 0 Å². The molecule has 1 atom stereocenters. The second-order valence-corrected chi connectivity index (χ2v) is 5.29. The summed E-state index contributed by atoms with van der Waals surface area (Å²) in [5.41, 5.74) is 3.49. The summed E-state index contributed by atoms with van der Waals surface area (Å²) in [6.45, 7) is 0. The predicted octanol–water partition coefficient (Wildman–Crippen LogP) is 4.60. The van der Waals surface area contributed by atoms with Gasteiger partial charge in [0.1, 0.15) is 5.78 Å². The van der Waals surface area contributed by atoms with Gasteiger partial charge in [0.15, 0.2) is 0 Å². The maximum atomic E-state index is 12.1. The number of Topliss-reactive ketones (excluding diaryl/α,β-unsaturated/α-hetero) is 1. The average Bonchev–Trinajstić information content (AvgIpc) is 2.93. The Labute approximate surface area is 120 Å². The molecule has 1 heteroatoms. The number of ketones is 1. The van der Waals surface area contributed by atoms with Gasteiger partial charge in [-0.1, -0.05) is 66.7 Å². The van der Waals surface area contributed by atoms with Crippen molar-refractivity contribution in [3.8, 4) is 0 Å². The van der Waals surface area contributed by atoms with Gasteiger partial charge in [-0.2, -0.15) is 0 Å². The lowest BCUT2D eigenvalue weighted by molar-refractivity contribution is -0.119. The lowest BCUT2D eigenvalue weighted by Gasteiger charge is -2.14. The molecule has 0 amide bonds. The first kappa shape index (κ1) is 12.9. The Morgan fingerprint density at radius 3 is 2.20 bits per heavy atom. The van der Waals surface area contributed by atoms with E-state index in [-0.39, 0.29) is 5.92 Å². The van der Waals surface area contributed by atoms with Crippen LogP contribution in [0.4, 0.5) is 0 Å². The van der Waals surface area contributed by atoms with Crippen molar-refractivity contribution in [2.24, 2.45) is 5.92 Å². The Morgan fingerprint density at radius 2 is 1.60 bits per heavy atom. The number of hydrogen-bond donors (Lipinski definition) is 0. The molecular formula is C19H18O. The molecule has 2 aromatic carbocycles. The minimum atomic E-state index is 0.0672. The van der Waals surface area contributed by atoms with Gasteiger partial charge in [0.05, 0.1) is 0 Å². The molecule has 0 bridgehead atoms. The van der Waals surface area contributed by atoms with Crippen molar-refractivity contribution < 1.29 is 4.79 Å². The summed E-state index contributed by atoms with van der Waals surface area (Å²) in [7, 11) is 0. The molecule has 0 saturated heterocycles. The van der Waals surface area contributed by atoms with Gasteiger partial charge in [-0.15, -0.1) is 0 Å². The fourth-order valence-corrected chi connectivity index (χ4v) is 2.89. The molecule has 3 rings (SSSR count). The van der Waals surface area contributed by atoms with Crippen LogP contribution >= 0.6 is 0 Å². The predicted molar refractivity (Wildman–Crippen MR) is 83.1 cm³/mol. The highest BCUT2D eigenvalue weighted by molar-refractivity contribution is 5.99. The third kappa shape index (κ3) is 2.72. The van der Waals surface area contributed by atoms with Crippen molar-refractivity contribution in [2.45, 2.75) is 19.3 Å². The van der Waals surface area contributed by atoms with Gasteiger partial charge in [0, 0.05) is 12.3 Å². The van der Waals surface area contributed by atoms with E-state index in [1.807, 2.05) is 36.4 Å². The maximum Gasteiger partial charge on any atom is 0.140 e. The summed E-state index contributed by atoms with van der Waals surface area (Å²) in [5.74, 6) is 0.452. The Hall–Kier alpha value is -2.15. The summed E-state index contributed by atoms with van der Waals surface area (Å²) in [6, 6.07) is 20.5. The monoisotopic (exact) mass is 262 g/mol. The van der Waals surface area contributed by atoms with Gasteiger partial charge in [-0.3, -0.25) is 4.79 Å². The lowest BCUT2D eigenvalue weighted by atomic mass is 9.89. The van der Waals surface area contributed by atoms with Crippen LogP contribution in [-0.2, 0) is 4.79 Å². The molecule has 1 unspecified atom stereocenters. The first-order valence-corrected chi connectivity index (χ1v) is 7.19. The van der Waals surface area contributed by atoms with Crippen molar-refractivity contribution in [3.63, 3.8) is 0 Å². The minimum absolute atomic E-state index is 0.0672. The molecule has 100 valence electrons. The van der Waals surface area contributed by atoms with Gasteiger partial charge in [-0.25, -0.2) is 0 Å². The number of carbonyl (C=O) groups is 1. The van der Waals surface area contributed by atoms with E-state index in [9.17, 15) is 4.79 Å². The second kappa shape index (κ2) is 5.87. The smallest absolute Gasteiger partial charge is 0.140 e. The summed E-state index contributed by atoms with van der Waals surface area (Å²) in [5, 5.41) is 0. The number of hydrogen-bond acceptors (Lipinski definition) is 1. The van der Waals surface area contributed by atoms with Gasteiger partial charge in [0.25, 0.3) is 0 Å². The van der Waals surface area contributed by atoms with Crippen LogP contribution < -0.4 is 0 Å². The van der Waals surface area contributed by atoms with Crippen molar-refractivity contribution >= 4 is 17.4 Å². The van der Waals surface area contributed by atoms with Crippen molar-refractivity contribution in [3.05, 3.63) is 71.8 Å². The van der Waals surface area contributed by atoms with E-state index in [0.717, 1.165) is 30.4 Å². The van der Waals surface area contributed by atoms with Crippen LogP contribution in [0.15, 0.2) is 60.7 Å². The number of carbonyl (C=O) groups excluding carboxylic acids is 1. The molecule has 2 aromatic rings. The van der Waals surface area contributed by atoms with E-state index < -0.39 is 0 Å². The van der Waals surface area contributed by atoms with E-state index in [1.165, 1.54) is 5.57 Å². The van der Waals surface area contributed by atoms with Crippen LogP contribution in [0, 0.1) is 5.92 Å². The van der Waals surface area contributed by atoms with Gasteiger partial charge >= 0.3 is 0 Å². The summed E-state index contributed by atoms with van der Waals surface area (Å²) in [4.78, 5) is 12.1. The van der Waals surface area contributed by atoms with E-state index in [1.54, 1.807) is 0 Å². The fourth-order valence-electron chi connectivity index (χ4n) is 2.89. The lowest BCUT2D eigenvalue weighted by Crippen LogP contribution is -2.08. The number of benzene rings is 2. The SMILES string of the molecule is O=C1CCCC1/C(=C/c1ccccc1)c1ccccc1. The Kier molecular flexibility index (Phi) is 3.78. The first-order valence-electron chi connectivity index (χ1n) is 7.19. The van der Waals surface area contributed by atoms with Crippen molar-refractivity contribution in [1.29, 1.82) is 0 Å². The molecule has 0 N–H and O–H groups in total. The van der Waals surface area contributed by atoms with E-state index >= 15 is 0 Å². The molecule has 1 saturated carbocycles. The maximum absolute atomic E-state index is 12.1. The zero-order valence-corrected chi connectivity index (χ0v) is 11.5. The van der Waals surface area contributed by atoms with E-state index in [4.69, 9.17) is 0 Å². The molecule has 0 aromatic heterocycles. The highest BCUT2D eigenvalue weighted by atomic mass is 16.1. The second-order valence-electron chi connectivity index (χ2n) is 5.29. The van der Waals surface area contributed by atoms with E-state index in [0.29, 0.717) is 5.78 Å². The molecular weight excluding hydrogens is 244 g/mol. The topological polar surface area (TPSA) is 17.1 Å². The van der Waals surface area contributed by atoms with Crippen LogP contribution in [0.1, 0.15) is 30.4 Å². The first-order chi connectivity index (χ1) is 9.84. The van der Waals surface area contributed by atoms with Crippen LogP contribution in [-0.4, -0.2) is 5.78 Å². The van der Waals surface area contributed by atoms with Crippen LogP contribution in [0.25, 0.3) is 11.6 Å². The quantitative estimate of drug-likeness (QED) is 0.739. The van der Waals surface area contributed by atoms with E-state index in [2.05, 4.69) is 30.3 Å². The highest BCUT2D eigenvalue weighted by Crippen LogP contribution is 2.35. The van der Waals surface area contributed by atoms with Crippen molar-refractivity contribution in [1.82, 2.24) is 0 Å². The average molecular weight is 262 g/mol. The Bertz CT molecular complexity index is 611. The largest absolute Gasteiger partial charge is 0.299 e. The minimum Gasteiger partial charge on any atom is -0.299 e. The molecule has 0 heterocycles. The molecule has 0 spiro atoms. The van der Waals surface area contributed by atoms with Crippen LogP contribution in [0.5, 0.6) is 0 Å². The fraction of sp³-hybridized carbons (Fsp3) is 0.211. The van der Waals surface area contributed by atoms with Gasteiger partial charge in [-0.05, 0) is 29.5 Å². The standard InChI is InChI=1S/C19H18O/c20-19-13-7-12-17(19)18(16-10-5-2-6-11-16)14-15-8-3-1-4-9-15/h1-6,8-11,14,17H,7,12-13H2/b18-14+. The summed E-state index contributed by atoms with van der Waals surface area (Å²) < 4.78 is 0. The summed E-state index contributed by atoms with van der Waals surface area (Å²) in [6.07, 6.45) is 4.89. The Balaban J connectivity index is 2.04. The third-order valence-electron chi connectivity index (χ3n) is 3.91. The molecule has 1 fully saturated rings. The third-order valence-corrected chi connectivity index (χ3v) is 3.91. The molecule has 1 aliphatic rings. The van der Waals surface area contributed by atoms with Crippen LogP contribution in [0.2, 0.25) is 0 Å². The zero-order valence-electron chi connectivity index (χ0n) is 11.5. The molecule has 0 aliphatic heterocycles. The molecule has 1 aliphatic carbocycles. The normalized spacial score (nSPS) is 19.3. The highest BCUT2D eigenvalue weighted by Gasteiger charge is 2.28. The molecule has 20 heavy (non-hydrogen) atoms. The number of rotatable bonds is 3.